The number of amides is 2. The van der Waals surface area contributed by atoms with Crippen molar-refractivity contribution in [3.05, 3.63) is 153 Å². The first-order chi connectivity index (χ1) is 24.1. The fourth-order valence-corrected chi connectivity index (χ4v) is 9.23. The Balaban J connectivity index is 1.34. The molecule has 9 nitrogen and oxygen atoms in total. The van der Waals surface area contributed by atoms with Gasteiger partial charge in [0.25, 0.3) is 5.69 Å². The van der Waals surface area contributed by atoms with Crippen molar-refractivity contribution >= 4 is 51.9 Å². The van der Waals surface area contributed by atoms with Gasteiger partial charge < -0.3 is 5.11 Å². The maximum Gasteiger partial charge on any atom is 0.269 e. The molecule has 8 rings (SSSR count). The lowest BCUT2D eigenvalue weighted by molar-refractivity contribution is -0.384. The number of carbonyl (C=O) groups is 4. The highest BCUT2D eigenvalue weighted by atomic mass is 35.5. The third-order valence-corrected chi connectivity index (χ3v) is 11.3. The summed E-state index contributed by atoms with van der Waals surface area (Å²) in [4.78, 5) is 70.3. The number of nitrogens with zero attached hydrogens (tertiary/aromatic N) is 2. The lowest BCUT2D eigenvalue weighted by atomic mass is 9.44. The zero-order valence-corrected chi connectivity index (χ0v) is 27.2. The van der Waals surface area contributed by atoms with Gasteiger partial charge >= 0.3 is 0 Å². The largest absolute Gasteiger partial charge is 0.508 e. The average Bonchev–Trinajstić information content (AvgIpc) is 3.38. The van der Waals surface area contributed by atoms with Crippen LogP contribution in [-0.4, -0.2) is 33.4 Å². The standard InChI is InChI=1S/C40H29ClN2O7/c41-33-19-26(44)15-16-28(33)36-27-17-18-29-35(39(48)42(38(29)47)24-11-13-25(14-12-24)43(49)50)31(27)20-32-37(46)30(22-7-3-1-4-8-22)21-34(45)40(32,36)23-9-5-2-6-10-23/h1-17,19,21,29,31-32,35-36,44H,18,20H2/t29-,31+,32-,35-,36+,40-/m0/s1. The number of halogens is 1. The van der Waals surface area contributed by atoms with Gasteiger partial charge in [-0.2, -0.15) is 0 Å². The van der Waals surface area contributed by atoms with Crippen LogP contribution in [0.1, 0.15) is 35.4 Å². The van der Waals surface area contributed by atoms with Gasteiger partial charge in [-0.3, -0.25) is 34.2 Å². The molecule has 6 atom stereocenters. The molecule has 0 bridgehead atoms. The summed E-state index contributed by atoms with van der Waals surface area (Å²) in [6, 6.07) is 28.0. The van der Waals surface area contributed by atoms with Crippen molar-refractivity contribution < 1.29 is 29.2 Å². The van der Waals surface area contributed by atoms with Crippen molar-refractivity contribution in [1.82, 2.24) is 0 Å². The van der Waals surface area contributed by atoms with Crippen molar-refractivity contribution in [3.8, 4) is 5.75 Å². The number of hydrogen-bond donors (Lipinski definition) is 1. The van der Waals surface area contributed by atoms with Crippen molar-refractivity contribution in [1.29, 1.82) is 0 Å². The lowest BCUT2D eigenvalue weighted by Gasteiger charge is -2.55. The second-order valence-electron chi connectivity index (χ2n) is 13.3. The number of carbonyl (C=O) groups excluding carboxylic acids is 4. The molecule has 0 radical (unpaired) electrons. The zero-order valence-electron chi connectivity index (χ0n) is 26.4. The Morgan fingerprint density at radius 3 is 2.18 bits per heavy atom. The number of allylic oxidation sites excluding steroid dienone is 4. The number of benzene rings is 4. The topological polar surface area (TPSA) is 135 Å². The van der Waals surface area contributed by atoms with E-state index in [2.05, 4.69) is 0 Å². The van der Waals surface area contributed by atoms with Gasteiger partial charge in [0.1, 0.15) is 5.75 Å². The molecule has 0 spiro atoms. The first-order valence-corrected chi connectivity index (χ1v) is 16.7. The summed E-state index contributed by atoms with van der Waals surface area (Å²) >= 11 is 6.91. The summed E-state index contributed by atoms with van der Waals surface area (Å²) in [5, 5.41) is 21.8. The Kier molecular flexibility index (Phi) is 7.42. The molecule has 1 saturated heterocycles. The fourth-order valence-electron chi connectivity index (χ4n) is 8.95. The second-order valence-corrected chi connectivity index (χ2v) is 13.7. The number of fused-ring (bicyclic) bond motifs is 4. The Hall–Kier alpha value is -5.67. The van der Waals surface area contributed by atoms with Crippen molar-refractivity contribution in [2.45, 2.75) is 24.2 Å². The minimum Gasteiger partial charge on any atom is -0.508 e. The van der Waals surface area contributed by atoms with Crippen LogP contribution in [0.5, 0.6) is 5.75 Å². The van der Waals surface area contributed by atoms with Crippen molar-refractivity contribution in [2.24, 2.45) is 23.7 Å². The Morgan fingerprint density at radius 2 is 1.52 bits per heavy atom. The van der Waals surface area contributed by atoms with Crippen LogP contribution in [0.2, 0.25) is 5.02 Å². The van der Waals surface area contributed by atoms with Crippen LogP contribution in [0.25, 0.3) is 5.57 Å². The van der Waals surface area contributed by atoms with Crippen molar-refractivity contribution in [2.75, 3.05) is 4.90 Å². The minimum absolute atomic E-state index is 0.0678. The molecule has 248 valence electrons. The number of non-ortho nitro benzene ring substituents is 1. The average molecular weight is 685 g/mol. The first-order valence-electron chi connectivity index (χ1n) is 16.3. The SMILES string of the molecule is O=C1C(c2ccccc2)=CC(=O)[C@@]2(c3ccccc3)[C@@H](c3ccc(O)cc3Cl)C3=CC[C@@H]4C(=O)N(c5ccc([N+](=O)[O-])cc5)C(=O)[C@@H]4[C@@H]3C[C@@H]12. The maximum atomic E-state index is 15.0. The van der Waals surface area contributed by atoms with E-state index in [-0.39, 0.29) is 52.1 Å². The number of phenolic OH excluding ortho intramolecular Hbond substituents is 1. The number of ketones is 2. The Morgan fingerprint density at radius 1 is 0.840 bits per heavy atom. The highest BCUT2D eigenvalue weighted by Gasteiger charge is 2.66. The molecule has 4 aromatic rings. The van der Waals surface area contributed by atoms with E-state index in [9.17, 15) is 29.6 Å². The van der Waals surface area contributed by atoms with E-state index in [1.165, 1.54) is 42.5 Å². The van der Waals surface area contributed by atoms with E-state index in [4.69, 9.17) is 11.6 Å². The molecule has 0 unspecified atom stereocenters. The summed E-state index contributed by atoms with van der Waals surface area (Å²) in [5.41, 5.74) is 1.38. The lowest BCUT2D eigenvalue weighted by Crippen LogP contribution is -2.58. The smallest absolute Gasteiger partial charge is 0.269 e. The number of aromatic hydroxyl groups is 1. The van der Waals surface area contributed by atoms with E-state index < -0.39 is 51.7 Å². The molecule has 2 amide bonds. The monoisotopic (exact) mass is 684 g/mol. The van der Waals surface area contributed by atoms with Crippen LogP contribution >= 0.6 is 11.6 Å². The maximum absolute atomic E-state index is 15.0. The summed E-state index contributed by atoms with van der Waals surface area (Å²) in [7, 11) is 0. The van der Waals surface area contributed by atoms with Gasteiger partial charge in [-0.25, -0.2) is 0 Å². The third kappa shape index (κ3) is 4.53. The number of anilines is 1. The third-order valence-electron chi connectivity index (χ3n) is 11.0. The van der Waals surface area contributed by atoms with E-state index in [1.54, 1.807) is 30.3 Å². The molecular weight excluding hydrogens is 656 g/mol. The predicted molar refractivity (Wildman–Crippen MR) is 185 cm³/mol. The summed E-state index contributed by atoms with van der Waals surface area (Å²) < 4.78 is 0. The number of rotatable bonds is 5. The molecule has 1 N–H and O–H groups in total. The van der Waals surface area contributed by atoms with Gasteiger partial charge in [0.15, 0.2) is 11.6 Å². The van der Waals surface area contributed by atoms with Gasteiger partial charge in [-0.05, 0) is 65.8 Å². The molecule has 4 aromatic carbocycles. The van der Waals surface area contributed by atoms with Crippen LogP contribution in [0.4, 0.5) is 11.4 Å². The number of hydrogen-bond acceptors (Lipinski definition) is 7. The van der Waals surface area contributed by atoms with E-state index in [0.29, 0.717) is 16.7 Å². The Labute approximate surface area is 291 Å². The molecule has 3 aliphatic carbocycles. The number of phenols is 1. The van der Waals surface area contributed by atoms with Crippen LogP contribution in [-0.2, 0) is 24.6 Å². The van der Waals surface area contributed by atoms with E-state index in [1.807, 2.05) is 42.5 Å². The fraction of sp³-hybridized carbons (Fsp3) is 0.200. The number of nitro benzene ring substituents is 1. The second kappa shape index (κ2) is 11.7. The molecule has 10 heteroatoms. The molecule has 1 aliphatic heterocycles. The van der Waals surface area contributed by atoms with E-state index in [0.717, 1.165) is 10.5 Å². The highest BCUT2D eigenvalue weighted by Crippen LogP contribution is 2.64. The molecule has 0 aromatic heterocycles. The molecular formula is C40H29ClN2O7. The van der Waals surface area contributed by atoms with Gasteiger partial charge in [-0.15, -0.1) is 0 Å². The zero-order chi connectivity index (χ0) is 34.9. The predicted octanol–water partition coefficient (Wildman–Crippen LogP) is 6.98. The van der Waals surface area contributed by atoms with E-state index >= 15 is 4.79 Å². The van der Waals surface area contributed by atoms with Gasteiger partial charge in [-0.1, -0.05) is 90.0 Å². The number of Topliss-reactive ketones (excluding diaryl/α,β-unsaturated/α-hetero) is 1. The van der Waals surface area contributed by atoms with Crippen LogP contribution in [0.15, 0.2) is 121 Å². The highest BCUT2D eigenvalue weighted by molar-refractivity contribution is 6.33. The van der Waals surface area contributed by atoms with Crippen LogP contribution in [0.3, 0.4) is 0 Å². The normalized spacial score (nSPS) is 27.2. The molecule has 50 heavy (non-hydrogen) atoms. The molecule has 1 heterocycles. The molecule has 2 fully saturated rings. The Bertz CT molecular complexity index is 2180. The molecule has 4 aliphatic rings. The molecule has 1 saturated carbocycles. The van der Waals surface area contributed by atoms with Crippen molar-refractivity contribution in [3.63, 3.8) is 0 Å². The summed E-state index contributed by atoms with van der Waals surface area (Å²) in [5.74, 6) is -5.41. The van der Waals surface area contributed by atoms with Crippen LogP contribution < -0.4 is 4.90 Å². The minimum atomic E-state index is -1.45. The number of nitro groups is 1. The van der Waals surface area contributed by atoms with Gasteiger partial charge in [0.2, 0.25) is 11.8 Å². The van der Waals surface area contributed by atoms with Crippen LogP contribution in [0, 0.1) is 33.8 Å². The van der Waals surface area contributed by atoms with Gasteiger partial charge in [0, 0.05) is 34.6 Å². The summed E-state index contributed by atoms with van der Waals surface area (Å²) in [6.45, 7) is 0. The van der Waals surface area contributed by atoms with Gasteiger partial charge in [0.05, 0.1) is 27.9 Å². The summed E-state index contributed by atoms with van der Waals surface area (Å²) in [6.07, 6.45) is 3.70. The quantitative estimate of drug-likeness (QED) is 0.104. The first kappa shape index (κ1) is 31.6. The number of imide groups is 1.